The lowest BCUT2D eigenvalue weighted by Crippen LogP contribution is -2.12. The Kier molecular flexibility index (Phi) is 3.52. The van der Waals surface area contributed by atoms with Gasteiger partial charge in [-0.1, -0.05) is 11.6 Å². The minimum absolute atomic E-state index is 0.159. The van der Waals surface area contributed by atoms with E-state index in [1.807, 2.05) is 0 Å². The summed E-state index contributed by atoms with van der Waals surface area (Å²) in [4.78, 5) is 10.0. The highest BCUT2D eigenvalue weighted by Gasteiger charge is 2.12. The minimum Gasteiger partial charge on any atom is -0.463 e. The SMILES string of the molecule is CCOC(=O)[C@@H](F)Cl. The Morgan fingerprint density at radius 1 is 2.00 bits per heavy atom. The molecular formula is C4H6ClFO2. The van der Waals surface area contributed by atoms with Crippen LogP contribution in [0, 0.1) is 0 Å². The first-order valence-electron chi connectivity index (χ1n) is 2.13. The van der Waals surface area contributed by atoms with E-state index >= 15 is 0 Å². The number of carbonyl (C=O) groups is 1. The molecule has 0 aromatic heterocycles. The van der Waals surface area contributed by atoms with Crippen LogP contribution in [0.15, 0.2) is 0 Å². The van der Waals surface area contributed by atoms with Gasteiger partial charge in [0, 0.05) is 0 Å². The highest BCUT2D eigenvalue weighted by atomic mass is 35.5. The third kappa shape index (κ3) is 2.80. The van der Waals surface area contributed by atoms with Gasteiger partial charge in [0.05, 0.1) is 6.61 Å². The minimum atomic E-state index is -2.02. The molecule has 0 bridgehead atoms. The largest absolute Gasteiger partial charge is 0.463 e. The van der Waals surface area contributed by atoms with Gasteiger partial charge in [0.25, 0.3) is 5.63 Å². The van der Waals surface area contributed by atoms with Crippen molar-refractivity contribution >= 4 is 17.6 Å². The molecule has 0 saturated carbocycles. The molecule has 8 heavy (non-hydrogen) atoms. The smallest absolute Gasteiger partial charge is 0.356 e. The summed E-state index contributed by atoms with van der Waals surface area (Å²) >= 11 is 4.67. The lowest BCUT2D eigenvalue weighted by Gasteiger charge is -1.97. The van der Waals surface area contributed by atoms with Crippen LogP contribution in [0.25, 0.3) is 0 Å². The summed E-state index contributed by atoms with van der Waals surface area (Å²) in [6.07, 6.45) is 0. The molecule has 0 aliphatic heterocycles. The van der Waals surface area contributed by atoms with E-state index < -0.39 is 11.6 Å². The van der Waals surface area contributed by atoms with E-state index in [1.54, 1.807) is 6.92 Å². The molecular weight excluding hydrogens is 134 g/mol. The molecule has 0 rings (SSSR count). The normalized spacial score (nSPS) is 12.9. The second kappa shape index (κ2) is 3.66. The summed E-state index contributed by atoms with van der Waals surface area (Å²) in [5.41, 5.74) is -2.02. The van der Waals surface area contributed by atoms with Crippen LogP contribution in [-0.4, -0.2) is 18.2 Å². The van der Waals surface area contributed by atoms with Gasteiger partial charge in [0.2, 0.25) is 0 Å². The number of ether oxygens (including phenoxy) is 1. The van der Waals surface area contributed by atoms with Gasteiger partial charge in [0.15, 0.2) is 0 Å². The topological polar surface area (TPSA) is 26.3 Å². The Morgan fingerprint density at radius 3 is 2.62 bits per heavy atom. The number of hydrogen-bond acceptors (Lipinski definition) is 2. The van der Waals surface area contributed by atoms with Crippen LogP contribution in [0.2, 0.25) is 0 Å². The van der Waals surface area contributed by atoms with Gasteiger partial charge in [0.1, 0.15) is 0 Å². The monoisotopic (exact) mass is 140 g/mol. The molecule has 0 fully saturated rings. The first kappa shape index (κ1) is 7.69. The number of hydrogen-bond donors (Lipinski definition) is 0. The van der Waals surface area contributed by atoms with Crippen molar-refractivity contribution in [1.82, 2.24) is 0 Å². The van der Waals surface area contributed by atoms with Gasteiger partial charge in [-0.25, -0.2) is 9.18 Å². The molecule has 0 saturated heterocycles. The summed E-state index contributed by atoms with van der Waals surface area (Å²) < 4.78 is 15.7. The van der Waals surface area contributed by atoms with E-state index in [1.165, 1.54) is 0 Å². The summed E-state index contributed by atoms with van der Waals surface area (Å²) in [6, 6.07) is 0. The number of esters is 1. The van der Waals surface area contributed by atoms with Crippen LogP contribution in [0.5, 0.6) is 0 Å². The zero-order chi connectivity index (χ0) is 6.57. The van der Waals surface area contributed by atoms with Crippen LogP contribution in [0.1, 0.15) is 6.92 Å². The maximum atomic E-state index is 11.6. The summed E-state index contributed by atoms with van der Waals surface area (Å²) in [5.74, 6) is -1.02. The third-order valence-electron chi connectivity index (χ3n) is 0.465. The molecule has 0 spiro atoms. The third-order valence-corrected chi connectivity index (χ3v) is 0.643. The first-order chi connectivity index (χ1) is 3.68. The fraction of sp³-hybridized carbons (Fsp3) is 0.750. The molecule has 0 aliphatic rings. The number of alkyl halides is 2. The molecule has 1 atom stereocenters. The number of carbonyl (C=O) groups excluding carboxylic acids is 1. The van der Waals surface area contributed by atoms with Crippen LogP contribution in [-0.2, 0) is 9.53 Å². The molecule has 0 radical (unpaired) electrons. The number of halogens is 2. The van der Waals surface area contributed by atoms with Gasteiger partial charge in [-0.15, -0.1) is 0 Å². The van der Waals surface area contributed by atoms with E-state index in [0.29, 0.717) is 0 Å². The van der Waals surface area contributed by atoms with E-state index in [2.05, 4.69) is 16.3 Å². The maximum Gasteiger partial charge on any atom is 0.356 e. The van der Waals surface area contributed by atoms with Crippen molar-refractivity contribution in [1.29, 1.82) is 0 Å². The Labute approximate surface area is 51.6 Å². The molecule has 0 heterocycles. The molecule has 0 aromatic carbocycles. The molecule has 2 nitrogen and oxygen atoms in total. The maximum absolute atomic E-state index is 11.6. The van der Waals surface area contributed by atoms with E-state index in [0.717, 1.165) is 0 Å². The Bertz CT molecular complexity index is 84.1. The summed E-state index contributed by atoms with van der Waals surface area (Å²) in [6.45, 7) is 1.74. The molecule has 0 aromatic rings. The van der Waals surface area contributed by atoms with Crippen LogP contribution >= 0.6 is 11.6 Å². The molecule has 0 unspecified atom stereocenters. The van der Waals surface area contributed by atoms with Crippen molar-refractivity contribution in [2.24, 2.45) is 0 Å². The van der Waals surface area contributed by atoms with Gasteiger partial charge in [-0.05, 0) is 6.92 Å². The standard InChI is InChI=1S/C4H6ClFO2/c1-2-8-4(7)3(5)6/h3H,2H2,1H3/t3-/m1/s1. The molecule has 4 heteroatoms. The van der Waals surface area contributed by atoms with Gasteiger partial charge in [-0.2, -0.15) is 0 Å². The molecule has 0 aliphatic carbocycles. The van der Waals surface area contributed by atoms with Crippen LogP contribution < -0.4 is 0 Å². The number of rotatable bonds is 2. The van der Waals surface area contributed by atoms with E-state index in [-0.39, 0.29) is 6.61 Å². The zero-order valence-corrected chi connectivity index (χ0v) is 5.11. The van der Waals surface area contributed by atoms with Crippen molar-refractivity contribution < 1.29 is 13.9 Å². The Morgan fingerprint density at radius 2 is 2.50 bits per heavy atom. The van der Waals surface area contributed by atoms with Crippen LogP contribution in [0.3, 0.4) is 0 Å². The predicted molar refractivity (Wildman–Crippen MR) is 27.4 cm³/mol. The highest BCUT2D eigenvalue weighted by molar-refractivity contribution is 6.28. The van der Waals surface area contributed by atoms with Gasteiger partial charge in [-0.3, -0.25) is 0 Å². The van der Waals surface area contributed by atoms with Gasteiger partial charge < -0.3 is 4.74 Å². The van der Waals surface area contributed by atoms with E-state index in [9.17, 15) is 9.18 Å². The molecule has 48 valence electrons. The molecule has 0 amide bonds. The zero-order valence-electron chi connectivity index (χ0n) is 4.36. The summed E-state index contributed by atoms with van der Waals surface area (Å²) in [5, 5.41) is 0. The van der Waals surface area contributed by atoms with Crippen molar-refractivity contribution in [2.45, 2.75) is 12.6 Å². The lowest BCUT2D eigenvalue weighted by atomic mass is 10.7. The Balaban J connectivity index is 3.33. The van der Waals surface area contributed by atoms with Crippen molar-refractivity contribution in [3.05, 3.63) is 0 Å². The highest BCUT2D eigenvalue weighted by Crippen LogP contribution is 1.98. The average molecular weight is 141 g/mol. The fourth-order valence-electron chi connectivity index (χ4n) is 0.205. The second-order valence-electron chi connectivity index (χ2n) is 1.05. The van der Waals surface area contributed by atoms with Crippen molar-refractivity contribution in [3.63, 3.8) is 0 Å². The van der Waals surface area contributed by atoms with E-state index in [4.69, 9.17) is 0 Å². The average Bonchev–Trinajstić information content (AvgIpc) is 1.67. The predicted octanol–water partition coefficient (Wildman–Crippen LogP) is 1.08. The van der Waals surface area contributed by atoms with Crippen LogP contribution in [0.4, 0.5) is 4.39 Å². The molecule has 0 N–H and O–H groups in total. The first-order valence-corrected chi connectivity index (χ1v) is 2.57. The quantitative estimate of drug-likeness (QED) is 0.424. The van der Waals surface area contributed by atoms with Crippen molar-refractivity contribution in [2.75, 3.05) is 6.61 Å². The lowest BCUT2D eigenvalue weighted by molar-refractivity contribution is -0.145. The second-order valence-corrected chi connectivity index (χ2v) is 1.44. The summed E-state index contributed by atoms with van der Waals surface area (Å²) in [7, 11) is 0. The Hall–Kier alpha value is -0.310. The fourth-order valence-corrected chi connectivity index (χ4v) is 0.268. The van der Waals surface area contributed by atoms with Gasteiger partial charge >= 0.3 is 5.97 Å². The van der Waals surface area contributed by atoms with Crippen molar-refractivity contribution in [3.8, 4) is 0 Å².